The highest BCUT2D eigenvalue weighted by atomic mass is 35.5. The molecule has 0 saturated carbocycles. The monoisotopic (exact) mass is 257 g/mol. The van der Waals surface area contributed by atoms with Crippen LogP contribution in [0, 0.1) is 0 Å². The van der Waals surface area contributed by atoms with Crippen molar-refractivity contribution in [3.8, 4) is 0 Å². The van der Waals surface area contributed by atoms with Gasteiger partial charge in [-0.05, 0) is 44.7 Å². The average molecular weight is 258 g/mol. The van der Waals surface area contributed by atoms with E-state index in [0.29, 0.717) is 6.04 Å². The lowest BCUT2D eigenvalue weighted by Gasteiger charge is -2.09. The molecule has 1 aromatic carbocycles. The number of thioether (sulfide) groups is 1. The van der Waals surface area contributed by atoms with Crippen LogP contribution in [0.25, 0.3) is 0 Å². The second-order valence-corrected chi connectivity index (χ2v) is 5.51. The van der Waals surface area contributed by atoms with Gasteiger partial charge in [0.1, 0.15) is 0 Å². The molecule has 0 amide bonds. The molecule has 1 rings (SSSR count). The van der Waals surface area contributed by atoms with Crippen molar-refractivity contribution in [1.29, 1.82) is 0 Å². The largest absolute Gasteiger partial charge is 0.317 e. The normalized spacial score (nSPS) is 12.7. The van der Waals surface area contributed by atoms with Crippen LogP contribution in [0.5, 0.6) is 0 Å². The highest BCUT2D eigenvalue weighted by molar-refractivity contribution is 7.99. The van der Waals surface area contributed by atoms with Crippen LogP contribution in [-0.4, -0.2) is 18.8 Å². The Hall–Kier alpha value is -0.180. The molecule has 1 unspecified atom stereocenters. The molecule has 0 saturated heterocycles. The number of unbranched alkanes of at least 4 members (excludes halogenated alkanes) is 1. The Labute approximate surface area is 108 Å². The Morgan fingerprint density at radius 2 is 2.06 bits per heavy atom. The lowest BCUT2D eigenvalue weighted by molar-refractivity contribution is 0.539. The Balaban J connectivity index is 2.14. The molecule has 0 bridgehead atoms. The predicted octanol–water partition coefficient (Wildman–Crippen LogP) is 4.21. The van der Waals surface area contributed by atoms with E-state index in [-0.39, 0.29) is 0 Å². The first-order chi connectivity index (χ1) is 7.74. The van der Waals surface area contributed by atoms with E-state index in [0.717, 1.165) is 10.8 Å². The Morgan fingerprint density at radius 3 is 2.75 bits per heavy atom. The van der Waals surface area contributed by atoms with E-state index in [9.17, 15) is 0 Å². The first kappa shape index (κ1) is 13.9. The van der Waals surface area contributed by atoms with Gasteiger partial charge in [-0.3, -0.25) is 0 Å². The first-order valence-corrected chi connectivity index (χ1v) is 7.15. The van der Waals surface area contributed by atoms with Crippen LogP contribution in [0.4, 0.5) is 0 Å². The first-order valence-electron chi connectivity index (χ1n) is 5.78. The molecule has 0 aliphatic carbocycles. The smallest absolute Gasteiger partial charge is 0.0541 e. The van der Waals surface area contributed by atoms with Crippen LogP contribution < -0.4 is 5.32 Å². The molecule has 0 fully saturated rings. The van der Waals surface area contributed by atoms with Gasteiger partial charge in [0.2, 0.25) is 0 Å². The number of hydrogen-bond donors (Lipinski definition) is 1. The number of nitrogens with one attached hydrogen (secondary N) is 1. The van der Waals surface area contributed by atoms with Crippen molar-refractivity contribution < 1.29 is 0 Å². The van der Waals surface area contributed by atoms with Crippen LogP contribution in [0.1, 0.15) is 26.2 Å². The molecule has 1 N–H and O–H groups in total. The third kappa shape index (κ3) is 5.24. The van der Waals surface area contributed by atoms with E-state index in [1.807, 2.05) is 37.0 Å². The van der Waals surface area contributed by atoms with Crippen molar-refractivity contribution in [2.24, 2.45) is 0 Å². The maximum Gasteiger partial charge on any atom is 0.0541 e. The summed E-state index contributed by atoms with van der Waals surface area (Å²) >= 11 is 7.93. The second kappa shape index (κ2) is 7.99. The summed E-state index contributed by atoms with van der Waals surface area (Å²) in [4.78, 5) is 1.20. The molecule has 3 heteroatoms. The minimum Gasteiger partial charge on any atom is -0.317 e. The molecule has 0 spiro atoms. The van der Waals surface area contributed by atoms with Gasteiger partial charge in [0.05, 0.1) is 5.02 Å². The molecule has 0 aliphatic heterocycles. The molecule has 1 nitrogen and oxygen atoms in total. The molecule has 0 heterocycles. The molecule has 0 radical (unpaired) electrons. The minimum absolute atomic E-state index is 0.630. The maximum absolute atomic E-state index is 6.08. The number of halogens is 1. The van der Waals surface area contributed by atoms with Gasteiger partial charge >= 0.3 is 0 Å². The topological polar surface area (TPSA) is 12.0 Å². The van der Waals surface area contributed by atoms with Crippen molar-refractivity contribution in [3.05, 3.63) is 29.3 Å². The van der Waals surface area contributed by atoms with Crippen molar-refractivity contribution in [3.63, 3.8) is 0 Å². The standard InChI is InChI=1S/C13H20ClNS/c1-11(15-2)7-5-6-10-16-13-9-4-3-8-12(13)14/h3-4,8-9,11,15H,5-7,10H2,1-2H3. The van der Waals surface area contributed by atoms with Crippen LogP contribution in [-0.2, 0) is 0 Å². The zero-order valence-electron chi connectivity index (χ0n) is 10.0. The van der Waals surface area contributed by atoms with Gasteiger partial charge in [0.15, 0.2) is 0 Å². The summed E-state index contributed by atoms with van der Waals surface area (Å²) < 4.78 is 0. The summed E-state index contributed by atoms with van der Waals surface area (Å²) in [5.74, 6) is 1.15. The number of rotatable bonds is 7. The van der Waals surface area contributed by atoms with Crippen LogP contribution in [0.15, 0.2) is 29.2 Å². The third-order valence-corrected chi connectivity index (χ3v) is 4.22. The van der Waals surface area contributed by atoms with Crippen molar-refractivity contribution >= 4 is 23.4 Å². The summed E-state index contributed by atoms with van der Waals surface area (Å²) in [6, 6.07) is 8.68. The van der Waals surface area contributed by atoms with Gasteiger partial charge in [0.25, 0.3) is 0 Å². The molecule has 1 aromatic rings. The van der Waals surface area contributed by atoms with E-state index in [1.165, 1.54) is 24.2 Å². The minimum atomic E-state index is 0.630. The van der Waals surface area contributed by atoms with Gasteiger partial charge in [0, 0.05) is 10.9 Å². The summed E-state index contributed by atoms with van der Waals surface area (Å²) in [7, 11) is 2.02. The van der Waals surface area contributed by atoms with Gasteiger partial charge < -0.3 is 5.32 Å². The lowest BCUT2D eigenvalue weighted by Crippen LogP contribution is -2.20. The molecular weight excluding hydrogens is 238 g/mol. The molecule has 0 aliphatic rings. The SMILES string of the molecule is CNC(C)CCCCSc1ccccc1Cl. The zero-order valence-corrected chi connectivity index (χ0v) is 11.6. The van der Waals surface area contributed by atoms with E-state index in [2.05, 4.69) is 18.3 Å². The maximum atomic E-state index is 6.08. The molecule has 0 aromatic heterocycles. The van der Waals surface area contributed by atoms with E-state index < -0.39 is 0 Å². The Morgan fingerprint density at radius 1 is 1.31 bits per heavy atom. The zero-order chi connectivity index (χ0) is 11.8. The summed E-state index contributed by atoms with van der Waals surface area (Å²) in [5, 5.41) is 4.13. The fourth-order valence-electron chi connectivity index (χ4n) is 1.44. The third-order valence-electron chi connectivity index (χ3n) is 2.62. The number of hydrogen-bond acceptors (Lipinski definition) is 2. The summed E-state index contributed by atoms with van der Waals surface area (Å²) in [6.07, 6.45) is 3.78. The van der Waals surface area contributed by atoms with Crippen LogP contribution in [0.3, 0.4) is 0 Å². The van der Waals surface area contributed by atoms with Crippen molar-refractivity contribution in [1.82, 2.24) is 5.32 Å². The molecule has 90 valence electrons. The van der Waals surface area contributed by atoms with Gasteiger partial charge in [-0.25, -0.2) is 0 Å². The predicted molar refractivity (Wildman–Crippen MR) is 74.5 cm³/mol. The summed E-state index contributed by atoms with van der Waals surface area (Å²) in [5.41, 5.74) is 0. The second-order valence-electron chi connectivity index (χ2n) is 3.96. The molecular formula is C13H20ClNS. The fraction of sp³-hybridized carbons (Fsp3) is 0.538. The highest BCUT2D eigenvalue weighted by Crippen LogP contribution is 2.27. The van der Waals surface area contributed by atoms with Crippen LogP contribution in [0.2, 0.25) is 5.02 Å². The van der Waals surface area contributed by atoms with Gasteiger partial charge in [-0.2, -0.15) is 0 Å². The Bertz CT molecular complexity index is 304. The average Bonchev–Trinajstić information content (AvgIpc) is 2.30. The highest BCUT2D eigenvalue weighted by Gasteiger charge is 2.00. The van der Waals surface area contributed by atoms with Crippen molar-refractivity contribution in [2.75, 3.05) is 12.8 Å². The van der Waals surface area contributed by atoms with Gasteiger partial charge in [-0.1, -0.05) is 30.2 Å². The number of benzene rings is 1. The van der Waals surface area contributed by atoms with Gasteiger partial charge in [-0.15, -0.1) is 11.8 Å². The van der Waals surface area contributed by atoms with Crippen LogP contribution >= 0.6 is 23.4 Å². The molecule has 1 atom stereocenters. The van der Waals surface area contributed by atoms with Crippen molar-refractivity contribution in [2.45, 2.75) is 37.1 Å². The van der Waals surface area contributed by atoms with E-state index >= 15 is 0 Å². The summed E-state index contributed by atoms with van der Waals surface area (Å²) in [6.45, 7) is 2.22. The van der Waals surface area contributed by atoms with E-state index in [4.69, 9.17) is 11.6 Å². The Kier molecular flexibility index (Phi) is 6.93. The lowest BCUT2D eigenvalue weighted by atomic mass is 10.1. The fourth-order valence-corrected chi connectivity index (χ4v) is 2.69. The molecule has 16 heavy (non-hydrogen) atoms. The quantitative estimate of drug-likeness (QED) is 0.580. The van der Waals surface area contributed by atoms with E-state index in [1.54, 1.807) is 0 Å².